The number of hydrogen-bond acceptors (Lipinski definition) is 2. The molecule has 1 aromatic rings. The predicted molar refractivity (Wildman–Crippen MR) is 58.0 cm³/mol. The van der Waals surface area contributed by atoms with Gasteiger partial charge in [0.2, 0.25) is 0 Å². The zero-order chi connectivity index (χ0) is 11.6. The first kappa shape index (κ1) is 11.8. The average Bonchev–Trinajstić information content (AvgIpc) is 2.42. The van der Waals surface area contributed by atoms with Crippen molar-refractivity contribution in [1.29, 1.82) is 0 Å². The van der Waals surface area contributed by atoms with Crippen LogP contribution in [0.25, 0.3) is 0 Å². The molecule has 0 fully saturated rings. The first-order chi connectivity index (χ1) is 6.93. The predicted octanol–water partition coefficient (Wildman–Crippen LogP) is 2.23. The molecule has 1 atom stereocenters. The Morgan fingerprint density at radius 2 is 2.07 bits per heavy atom. The number of aromatic nitrogens is 2. The molecule has 1 N–H and O–H groups in total. The fourth-order valence-corrected chi connectivity index (χ4v) is 1.63. The van der Waals surface area contributed by atoms with Gasteiger partial charge in [-0.15, -0.1) is 0 Å². The van der Waals surface area contributed by atoms with Crippen LogP contribution in [0.4, 0.5) is 0 Å². The fraction of sp³-hybridized carbons (Fsp3) is 0.636. The minimum atomic E-state index is -0.750. The maximum Gasteiger partial charge on any atom is 0.303 e. The Hall–Kier alpha value is -1.32. The average molecular weight is 210 g/mol. The molecular weight excluding hydrogens is 192 g/mol. The van der Waals surface area contributed by atoms with Crippen molar-refractivity contribution in [2.24, 2.45) is 0 Å². The van der Waals surface area contributed by atoms with Gasteiger partial charge in [0.15, 0.2) is 0 Å². The number of nitrogens with zero attached hydrogens (tertiary/aromatic N) is 2. The zero-order valence-corrected chi connectivity index (χ0v) is 9.74. The molecule has 1 rings (SSSR count). The van der Waals surface area contributed by atoms with Gasteiger partial charge in [-0.2, -0.15) is 5.10 Å². The second-order valence-electron chi connectivity index (χ2n) is 4.02. The number of aliphatic carboxylic acids is 1. The third kappa shape index (κ3) is 2.58. The summed E-state index contributed by atoms with van der Waals surface area (Å²) >= 11 is 0. The van der Waals surface area contributed by atoms with Gasteiger partial charge < -0.3 is 5.11 Å². The van der Waals surface area contributed by atoms with Gasteiger partial charge in [0, 0.05) is 18.2 Å². The highest BCUT2D eigenvalue weighted by atomic mass is 16.4. The van der Waals surface area contributed by atoms with Crippen LogP contribution < -0.4 is 0 Å². The van der Waals surface area contributed by atoms with Crippen LogP contribution in [0.5, 0.6) is 0 Å². The monoisotopic (exact) mass is 210 g/mol. The number of carboxylic acid groups (broad SMARTS) is 1. The lowest BCUT2D eigenvalue weighted by atomic mass is 10.1. The second-order valence-corrected chi connectivity index (χ2v) is 4.02. The quantitative estimate of drug-likeness (QED) is 0.829. The van der Waals surface area contributed by atoms with Crippen molar-refractivity contribution in [2.45, 2.75) is 46.6 Å². The Labute approximate surface area is 89.9 Å². The van der Waals surface area contributed by atoms with Crippen molar-refractivity contribution in [1.82, 2.24) is 9.78 Å². The van der Waals surface area contributed by atoms with Gasteiger partial charge in [0.1, 0.15) is 0 Å². The number of rotatable bonds is 4. The normalized spacial score (nSPS) is 12.8. The van der Waals surface area contributed by atoms with Crippen LogP contribution in [0.3, 0.4) is 0 Å². The molecule has 4 heteroatoms. The van der Waals surface area contributed by atoms with Gasteiger partial charge in [-0.05, 0) is 39.7 Å². The molecule has 0 saturated carbocycles. The Morgan fingerprint density at radius 1 is 1.47 bits per heavy atom. The topological polar surface area (TPSA) is 55.1 Å². The van der Waals surface area contributed by atoms with Gasteiger partial charge in [0.05, 0.1) is 5.69 Å². The van der Waals surface area contributed by atoms with Crippen LogP contribution in [0.1, 0.15) is 42.8 Å². The van der Waals surface area contributed by atoms with Gasteiger partial charge in [-0.1, -0.05) is 0 Å². The Kier molecular flexibility index (Phi) is 3.50. The number of carbonyl (C=O) groups is 1. The maximum atomic E-state index is 10.5. The molecular formula is C11H18N2O2. The van der Waals surface area contributed by atoms with Crippen molar-refractivity contribution < 1.29 is 9.90 Å². The molecule has 0 aliphatic carbocycles. The smallest absolute Gasteiger partial charge is 0.303 e. The molecule has 0 aliphatic heterocycles. The molecule has 15 heavy (non-hydrogen) atoms. The summed E-state index contributed by atoms with van der Waals surface area (Å²) in [6.07, 6.45) is 0.815. The van der Waals surface area contributed by atoms with Crippen molar-refractivity contribution in [3.05, 3.63) is 17.0 Å². The fourth-order valence-electron chi connectivity index (χ4n) is 1.63. The second kappa shape index (κ2) is 4.47. The molecule has 0 radical (unpaired) electrons. The molecule has 1 aromatic heterocycles. The SMILES string of the molecule is Cc1nn(C(C)CCC(=O)O)c(C)c1C. The van der Waals surface area contributed by atoms with E-state index in [0.717, 1.165) is 11.4 Å². The van der Waals surface area contributed by atoms with Crippen molar-refractivity contribution >= 4 is 5.97 Å². The first-order valence-electron chi connectivity index (χ1n) is 5.17. The summed E-state index contributed by atoms with van der Waals surface area (Å²) in [4.78, 5) is 10.5. The maximum absolute atomic E-state index is 10.5. The Balaban J connectivity index is 2.77. The molecule has 84 valence electrons. The van der Waals surface area contributed by atoms with Gasteiger partial charge >= 0.3 is 5.97 Å². The van der Waals surface area contributed by atoms with E-state index in [-0.39, 0.29) is 12.5 Å². The van der Waals surface area contributed by atoms with E-state index in [4.69, 9.17) is 5.11 Å². The number of aryl methyl sites for hydroxylation is 1. The molecule has 1 unspecified atom stereocenters. The highest BCUT2D eigenvalue weighted by molar-refractivity contribution is 5.66. The lowest BCUT2D eigenvalue weighted by Gasteiger charge is -2.13. The Bertz CT molecular complexity index is 369. The number of carboxylic acids is 1. The summed E-state index contributed by atoms with van der Waals surface area (Å²) in [7, 11) is 0. The van der Waals surface area contributed by atoms with Crippen molar-refractivity contribution in [3.8, 4) is 0 Å². The summed E-state index contributed by atoms with van der Waals surface area (Å²) in [5, 5.41) is 13.0. The molecule has 0 amide bonds. The lowest BCUT2D eigenvalue weighted by molar-refractivity contribution is -0.137. The van der Waals surface area contributed by atoms with Crippen LogP contribution in [0.2, 0.25) is 0 Å². The van der Waals surface area contributed by atoms with Crippen molar-refractivity contribution in [2.75, 3.05) is 0 Å². The zero-order valence-electron chi connectivity index (χ0n) is 9.74. The minimum absolute atomic E-state index is 0.147. The van der Waals surface area contributed by atoms with Crippen LogP contribution in [-0.4, -0.2) is 20.9 Å². The van der Waals surface area contributed by atoms with Crippen molar-refractivity contribution in [3.63, 3.8) is 0 Å². The first-order valence-corrected chi connectivity index (χ1v) is 5.17. The standard InChI is InChI=1S/C11H18N2O2/c1-7(5-6-11(14)15)13-10(4)8(2)9(3)12-13/h7H,5-6H2,1-4H3,(H,14,15). The largest absolute Gasteiger partial charge is 0.481 e. The lowest BCUT2D eigenvalue weighted by Crippen LogP contribution is -2.11. The van der Waals surface area contributed by atoms with E-state index < -0.39 is 5.97 Å². The molecule has 1 heterocycles. The van der Waals surface area contributed by atoms with Gasteiger partial charge in [-0.25, -0.2) is 0 Å². The molecule has 0 bridgehead atoms. The minimum Gasteiger partial charge on any atom is -0.481 e. The van der Waals surface area contributed by atoms with E-state index in [0.29, 0.717) is 6.42 Å². The third-order valence-electron chi connectivity index (χ3n) is 2.88. The van der Waals surface area contributed by atoms with Crippen LogP contribution in [0, 0.1) is 20.8 Å². The van der Waals surface area contributed by atoms with E-state index in [9.17, 15) is 4.79 Å². The van der Waals surface area contributed by atoms with E-state index in [2.05, 4.69) is 5.10 Å². The van der Waals surface area contributed by atoms with Crippen LogP contribution in [0.15, 0.2) is 0 Å². The summed E-state index contributed by atoms with van der Waals surface area (Å²) in [6, 6.07) is 0.147. The summed E-state index contributed by atoms with van der Waals surface area (Å²) < 4.78 is 1.92. The summed E-state index contributed by atoms with van der Waals surface area (Å²) in [5.41, 5.74) is 3.34. The highest BCUT2D eigenvalue weighted by Gasteiger charge is 2.13. The van der Waals surface area contributed by atoms with E-state index in [1.165, 1.54) is 5.56 Å². The summed E-state index contributed by atoms with van der Waals surface area (Å²) in [6.45, 7) is 8.04. The summed E-state index contributed by atoms with van der Waals surface area (Å²) in [5.74, 6) is -0.750. The van der Waals surface area contributed by atoms with E-state index >= 15 is 0 Å². The molecule has 0 aliphatic rings. The highest BCUT2D eigenvalue weighted by Crippen LogP contribution is 2.19. The molecule has 0 spiro atoms. The van der Waals surface area contributed by atoms with E-state index in [1.54, 1.807) is 0 Å². The van der Waals surface area contributed by atoms with Crippen LogP contribution in [-0.2, 0) is 4.79 Å². The Morgan fingerprint density at radius 3 is 2.47 bits per heavy atom. The molecule has 0 aromatic carbocycles. The van der Waals surface area contributed by atoms with Gasteiger partial charge in [0.25, 0.3) is 0 Å². The molecule has 0 saturated heterocycles. The van der Waals surface area contributed by atoms with Crippen LogP contribution >= 0.6 is 0 Å². The molecule has 4 nitrogen and oxygen atoms in total. The third-order valence-corrected chi connectivity index (χ3v) is 2.88. The number of hydrogen-bond donors (Lipinski definition) is 1. The van der Waals surface area contributed by atoms with Gasteiger partial charge in [-0.3, -0.25) is 9.48 Å². The van der Waals surface area contributed by atoms with E-state index in [1.807, 2.05) is 32.4 Å².